The van der Waals surface area contributed by atoms with Gasteiger partial charge in [0.05, 0.1) is 61.6 Å². The minimum absolute atomic E-state index is 0. The van der Waals surface area contributed by atoms with Gasteiger partial charge in [-0.3, -0.25) is 0 Å². The molecule has 274 valence electrons. The number of hydrogen-bond donors (Lipinski definition) is 6. The normalized spacial score (nSPS) is 32.3. The molecule has 0 bridgehead atoms. The summed E-state index contributed by atoms with van der Waals surface area (Å²) in [5.74, 6) is 0. The molecule has 4 aliphatic heterocycles. The molecule has 13 nitrogen and oxygen atoms in total. The van der Waals surface area contributed by atoms with Gasteiger partial charge in [-0.05, 0) is 24.6 Å². The minimum atomic E-state index is -3.34. The summed E-state index contributed by atoms with van der Waals surface area (Å²) in [5.41, 5.74) is 0. The number of thiol groups is 2. The van der Waals surface area contributed by atoms with Crippen molar-refractivity contribution in [3.63, 3.8) is 0 Å². The van der Waals surface area contributed by atoms with E-state index < -0.39 is 47.0 Å². The van der Waals surface area contributed by atoms with E-state index in [1.54, 1.807) is 13.2 Å². The molecule has 4 N–H and O–H groups in total. The number of hydrogen-bond acceptors (Lipinski definition) is 15. The van der Waals surface area contributed by atoms with E-state index in [1.807, 2.05) is 6.92 Å². The van der Waals surface area contributed by atoms with Gasteiger partial charge in [0.15, 0.2) is 8.32 Å². The van der Waals surface area contributed by atoms with Crippen LogP contribution in [0.2, 0.25) is 18.1 Å². The standard InChI is InChI=1S/C17H34O6PSSi.C10H18O7PS.4Ba.4H/c1-7-13-14(8-10-19-13)22-24(18,25)21-12-16-15(9-11-20-16)23-26(5,6)17(2,3)4;11-5-9-8(2-4-14-9)17-18(13,19)16-6-10-7(12)1-3-15-10;;;;;;;;/h10-11,13-16,18,25H,7-9,12H2,1-6H3;3-4,7-13,19H,1-2,5-6H2;;;;;;;;/q2*-1;4*+2;4*-1/t13-,14-,15-,16-,24?;7-,8-,9-,10-,18?;;;;;;;;/m11......../s1. The molecule has 22 heteroatoms. The molecular weight excluding hydrogens is 1240 g/mol. The van der Waals surface area contributed by atoms with E-state index in [0.717, 1.165) is 6.42 Å². The Bertz CT molecular complexity index is 929. The first-order valence-corrected chi connectivity index (χ1v) is 23.5. The molecule has 0 radical (unpaired) electrons. The van der Waals surface area contributed by atoms with Crippen LogP contribution in [0.3, 0.4) is 0 Å². The fourth-order valence-corrected chi connectivity index (χ4v) is 8.97. The summed E-state index contributed by atoms with van der Waals surface area (Å²) in [6, 6.07) is 0. The topological polar surface area (TPSA) is 164 Å². The summed E-state index contributed by atoms with van der Waals surface area (Å²) in [5, 5.41) is 18.7. The van der Waals surface area contributed by atoms with Gasteiger partial charge < -0.3 is 39.3 Å². The van der Waals surface area contributed by atoms with Crippen molar-refractivity contribution >= 4 is 243 Å². The molecule has 0 saturated carbocycles. The first kappa shape index (κ1) is 58.6. The van der Waals surface area contributed by atoms with E-state index in [4.69, 9.17) is 46.6 Å². The largest absolute Gasteiger partial charge is 2.00 e. The Hall–Kier alpha value is 7.54. The second-order valence-electron chi connectivity index (χ2n) is 12.7. The quantitative estimate of drug-likeness (QED) is 0.0645. The third-order valence-electron chi connectivity index (χ3n) is 8.27. The second-order valence-corrected chi connectivity index (χ2v) is 23.4. The van der Waals surface area contributed by atoms with Crippen LogP contribution >= 0.6 is 38.8 Å². The van der Waals surface area contributed by atoms with Gasteiger partial charge in [-0.1, -0.05) is 27.7 Å². The van der Waals surface area contributed by atoms with Crippen LogP contribution in [0.25, 0.3) is 0 Å². The van der Waals surface area contributed by atoms with Gasteiger partial charge >= 0.3 is 210 Å². The van der Waals surface area contributed by atoms with Crippen LogP contribution in [-0.4, -0.2) is 292 Å². The van der Waals surface area contributed by atoms with E-state index in [2.05, 4.69) is 58.4 Å². The average Bonchev–Trinajstić information content (AvgIpc) is 3.75. The molecular formula is C27H56Ba4O13P2S2Si+2. The van der Waals surface area contributed by atoms with Crippen molar-refractivity contribution in [2.75, 3.05) is 19.8 Å². The van der Waals surface area contributed by atoms with E-state index >= 15 is 0 Å². The average molecular weight is 1290 g/mol. The first-order valence-electron chi connectivity index (χ1n) is 15.2. The Morgan fingerprint density at radius 3 is 1.59 bits per heavy atom. The van der Waals surface area contributed by atoms with Crippen molar-refractivity contribution in [2.45, 2.75) is 127 Å². The van der Waals surface area contributed by atoms with Crippen molar-refractivity contribution in [3.05, 3.63) is 26.4 Å². The number of aliphatic hydroxyl groups is 2. The molecule has 4 fully saturated rings. The Balaban J connectivity index is -0.000000187. The maximum Gasteiger partial charge on any atom is 2.00 e. The third-order valence-corrected chi connectivity index (χ3v) is 16.1. The molecule has 10 atom stereocenters. The maximum absolute atomic E-state index is 10.5. The Kier molecular flexibility index (Phi) is 33.7. The minimum Gasteiger partial charge on any atom is -1.00 e. The SMILES string of the molecule is CC[C@H]1O[CH-]C[C@H]1O[P+](O)(S)OC[C@H]1O[CH-]C[C@H]1O[Si](C)(C)C(C)(C)C.OC[C@H]1O[CH-]C[C@H]1O[P+](O)(S)OC[C@H]1O[CH-]C[C@H]1O.[Ba+2].[Ba+2].[Ba+2].[Ba+2].[H-].[H-].[H-].[H-]. The number of rotatable bonds is 14. The zero-order valence-electron chi connectivity index (χ0n) is 33.7. The molecule has 49 heavy (non-hydrogen) atoms. The smallest absolute Gasteiger partial charge is 1.00 e. The molecule has 0 aromatic carbocycles. The van der Waals surface area contributed by atoms with Crippen LogP contribution in [0, 0.1) is 26.4 Å². The molecule has 4 aliphatic rings. The van der Waals surface area contributed by atoms with Crippen LogP contribution in [0.5, 0.6) is 0 Å². The van der Waals surface area contributed by atoms with Crippen molar-refractivity contribution in [2.24, 2.45) is 0 Å². The number of aliphatic hydroxyl groups excluding tert-OH is 2. The monoisotopic (exact) mass is 1290 g/mol. The van der Waals surface area contributed by atoms with Crippen molar-refractivity contribution < 1.29 is 67.2 Å². The Morgan fingerprint density at radius 1 is 0.735 bits per heavy atom. The van der Waals surface area contributed by atoms with Crippen LogP contribution < -0.4 is 0 Å². The van der Waals surface area contributed by atoms with Gasteiger partial charge in [0.2, 0.25) is 0 Å². The first-order chi connectivity index (χ1) is 21.0. The number of ether oxygens (including phenoxy) is 4. The fourth-order valence-electron chi connectivity index (χ4n) is 4.53. The Labute approximate surface area is 473 Å². The molecule has 0 spiro atoms. The van der Waals surface area contributed by atoms with Crippen LogP contribution in [0.4, 0.5) is 0 Å². The van der Waals surface area contributed by atoms with Crippen LogP contribution in [0.1, 0.15) is 65.5 Å². The molecule has 4 heterocycles. The summed E-state index contributed by atoms with van der Waals surface area (Å²) in [6.07, 6.45) is 0.172. The molecule has 4 rings (SSSR count). The van der Waals surface area contributed by atoms with Gasteiger partial charge in [0.25, 0.3) is 0 Å². The molecule has 4 saturated heterocycles. The van der Waals surface area contributed by atoms with E-state index in [1.165, 1.54) is 13.2 Å². The Morgan fingerprint density at radius 2 is 1.14 bits per heavy atom. The molecule has 2 unspecified atom stereocenters. The van der Waals surface area contributed by atoms with Crippen molar-refractivity contribution in [1.29, 1.82) is 0 Å². The van der Waals surface area contributed by atoms with Gasteiger partial charge in [-0.25, -0.2) is 26.4 Å². The van der Waals surface area contributed by atoms with Crippen LogP contribution in [-0.2, 0) is 41.5 Å². The summed E-state index contributed by atoms with van der Waals surface area (Å²) in [4.78, 5) is 20.4. The van der Waals surface area contributed by atoms with Crippen LogP contribution in [0.15, 0.2) is 0 Å². The molecule has 0 amide bonds. The van der Waals surface area contributed by atoms with Gasteiger partial charge in [0.1, 0.15) is 25.4 Å². The molecule has 0 aliphatic carbocycles. The van der Waals surface area contributed by atoms with E-state index in [0.29, 0.717) is 25.7 Å². The summed E-state index contributed by atoms with van der Waals surface area (Å²) >= 11 is 8.20. The molecule has 0 aromatic heterocycles. The third kappa shape index (κ3) is 20.8. The summed E-state index contributed by atoms with van der Waals surface area (Å²) < 4.78 is 49.7. The zero-order chi connectivity index (χ0) is 33.5. The van der Waals surface area contributed by atoms with E-state index in [9.17, 15) is 14.9 Å². The fraction of sp³-hybridized carbons (Fsp3) is 0.852. The van der Waals surface area contributed by atoms with Gasteiger partial charge in [0, 0.05) is 6.10 Å². The summed E-state index contributed by atoms with van der Waals surface area (Å²) in [7, 11) is -8.50. The summed E-state index contributed by atoms with van der Waals surface area (Å²) in [6.45, 7) is 19.5. The zero-order valence-corrected chi connectivity index (χ0v) is 52.0. The van der Waals surface area contributed by atoms with E-state index in [-0.39, 0.29) is 251 Å². The predicted octanol–water partition coefficient (Wildman–Crippen LogP) is 3.86. The van der Waals surface area contributed by atoms with Crippen molar-refractivity contribution in [3.8, 4) is 0 Å². The molecule has 0 aromatic rings. The van der Waals surface area contributed by atoms with Gasteiger partial charge in [-0.2, -0.15) is 27.9 Å². The maximum atomic E-state index is 10.5. The predicted molar refractivity (Wildman–Crippen MR) is 206 cm³/mol. The van der Waals surface area contributed by atoms with Crippen molar-refractivity contribution in [1.82, 2.24) is 0 Å². The second kappa shape index (κ2) is 28.2. The van der Waals surface area contributed by atoms with Gasteiger partial charge in [-0.15, -0.1) is 25.7 Å².